The van der Waals surface area contributed by atoms with Crippen molar-refractivity contribution in [3.05, 3.63) is 35.6 Å². The molecule has 0 amide bonds. The molecule has 2 N–H and O–H groups in total. The molecule has 0 heterocycles. The van der Waals surface area contributed by atoms with Crippen molar-refractivity contribution in [3.63, 3.8) is 0 Å². The van der Waals surface area contributed by atoms with Crippen molar-refractivity contribution in [1.82, 2.24) is 4.90 Å². The first-order valence-electron chi connectivity index (χ1n) is 3.85. The van der Waals surface area contributed by atoms with Crippen LogP contribution in [0.15, 0.2) is 24.3 Å². The van der Waals surface area contributed by atoms with Crippen LogP contribution in [0.4, 0.5) is 4.39 Å². The molecule has 2 nitrogen and oxygen atoms in total. The quantitative estimate of drug-likeness (QED) is 0.730. The first-order valence-corrected chi connectivity index (χ1v) is 4.26. The second-order valence-corrected chi connectivity index (χ2v) is 3.20. The molecular formula is C9H11FN2S. The third-order valence-electron chi connectivity index (χ3n) is 1.74. The van der Waals surface area contributed by atoms with Gasteiger partial charge in [0.15, 0.2) is 5.11 Å². The fourth-order valence-electron chi connectivity index (χ4n) is 0.960. The van der Waals surface area contributed by atoms with E-state index in [0.29, 0.717) is 12.1 Å². The van der Waals surface area contributed by atoms with E-state index in [1.165, 1.54) is 6.07 Å². The Kier molecular flexibility index (Phi) is 3.19. The molecule has 0 fully saturated rings. The molecule has 0 saturated heterocycles. The maximum atomic E-state index is 13.1. The lowest BCUT2D eigenvalue weighted by Crippen LogP contribution is -2.31. The summed E-state index contributed by atoms with van der Waals surface area (Å²) in [6.07, 6.45) is 0. The molecule has 0 saturated carbocycles. The summed E-state index contributed by atoms with van der Waals surface area (Å²) < 4.78 is 13.1. The van der Waals surface area contributed by atoms with Crippen LogP contribution in [0, 0.1) is 5.82 Å². The Morgan fingerprint density at radius 2 is 2.15 bits per heavy atom. The third-order valence-corrected chi connectivity index (χ3v) is 2.05. The standard InChI is InChI=1S/C9H11FN2S/c1-12(9(11)13)6-7-4-2-3-5-8(7)10/h2-5H,6H2,1H3,(H2,11,13). The van der Waals surface area contributed by atoms with E-state index in [4.69, 9.17) is 18.0 Å². The maximum absolute atomic E-state index is 13.1. The Labute approximate surface area is 82.2 Å². The van der Waals surface area contributed by atoms with Crippen molar-refractivity contribution < 1.29 is 4.39 Å². The fraction of sp³-hybridized carbons (Fsp3) is 0.222. The van der Waals surface area contributed by atoms with E-state index < -0.39 is 0 Å². The van der Waals surface area contributed by atoms with Gasteiger partial charge < -0.3 is 10.6 Å². The molecule has 0 aromatic heterocycles. The van der Waals surface area contributed by atoms with Gasteiger partial charge in [0.05, 0.1) is 0 Å². The Morgan fingerprint density at radius 3 is 2.69 bits per heavy atom. The van der Waals surface area contributed by atoms with Gasteiger partial charge in [0, 0.05) is 19.2 Å². The van der Waals surface area contributed by atoms with Crippen LogP contribution >= 0.6 is 12.2 Å². The number of thiocarbonyl (C=S) groups is 1. The van der Waals surface area contributed by atoms with E-state index in [2.05, 4.69) is 0 Å². The highest BCUT2D eigenvalue weighted by Crippen LogP contribution is 2.08. The van der Waals surface area contributed by atoms with Crippen molar-refractivity contribution in [3.8, 4) is 0 Å². The minimum atomic E-state index is -0.231. The predicted molar refractivity (Wildman–Crippen MR) is 54.7 cm³/mol. The number of nitrogens with zero attached hydrogens (tertiary/aromatic N) is 1. The van der Waals surface area contributed by atoms with Gasteiger partial charge in [-0.25, -0.2) is 4.39 Å². The van der Waals surface area contributed by atoms with Gasteiger partial charge in [0.2, 0.25) is 0 Å². The highest BCUT2D eigenvalue weighted by Gasteiger charge is 2.04. The minimum Gasteiger partial charge on any atom is -0.376 e. The van der Waals surface area contributed by atoms with Crippen LogP contribution < -0.4 is 5.73 Å². The van der Waals surface area contributed by atoms with Crippen molar-refractivity contribution in [2.24, 2.45) is 5.73 Å². The molecule has 0 aliphatic rings. The Morgan fingerprint density at radius 1 is 1.54 bits per heavy atom. The molecule has 1 rings (SSSR count). The molecule has 0 aliphatic heterocycles. The summed E-state index contributed by atoms with van der Waals surface area (Å²) in [4.78, 5) is 1.62. The molecule has 70 valence electrons. The topological polar surface area (TPSA) is 29.3 Å². The number of hydrogen-bond donors (Lipinski definition) is 1. The molecule has 0 bridgehead atoms. The molecule has 0 spiro atoms. The number of hydrogen-bond acceptors (Lipinski definition) is 1. The summed E-state index contributed by atoms with van der Waals surface area (Å²) in [7, 11) is 1.73. The SMILES string of the molecule is CN(Cc1ccccc1F)C(N)=S. The lowest BCUT2D eigenvalue weighted by molar-refractivity contribution is 0.483. The van der Waals surface area contributed by atoms with Gasteiger partial charge in [0.25, 0.3) is 0 Å². The van der Waals surface area contributed by atoms with Gasteiger partial charge in [-0.2, -0.15) is 0 Å². The maximum Gasteiger partial charge on any atom is 0.166 e. The normalized spacial score (nSPS) is 9.69. The van der Waals surface area contributed by atoms with Gasteiger partial charge in [-0.05, 0) is 18.3 Å². The number of benzene rings is 1. The lowest BCUT2D eigenvalue weighted by Gasteiger charge is -2.16. The first-order chi connectivity index (χ1) is 6.11. The zero-order valence-corrected chi connectivity index (χ0v) is 8.14. The average Bonchev–Trinajstić information content (AvgIpc) is 2.08. The van der Waals surface area contributed by atoms with Crippen LogP contribution in [-0.4, -0.2) is 17.1 Å². The van der Waals surface area contributed by atoms with Gasteiger partial charge in [0.1, 0.15) is 5.82 Å². The smallest absolute Gasteiger partial charge is 0.166 e. The van der Waals surface area contributed by atoms with Crippen LogP contribution in [0.2, 0.25) is 0 Å². The molecule has 4 heteroatoms. The van der Waals surface area contributed by atoms with E-state index in [0.717, 1.165) is 0 Å². The van der Waals surface area contributed by atoms with Crippen LogP contribution in [-0.2, 0) is 6.54 Å². The van der Waals surface area contributed by atoms with Crippen LogP contribution in [0.1, 0.15) is 5.56 Å². The van der Waals surface area contributed by atoms with Crippen LogP contribution in [0.3, 0.4) is 0 Å². The Hall–Kier alpha value is -1.16. The predicted octanol–water partition coefficient (Wildman–Crippen LogP) is 1.50. The Bertz CT molecular complexity index is 314. The Balaban J connectivity index is 2.74. The molecular weight excluding hydrogens is 187 g/mol. The van der Waals surface area contributed by atoms with Crippen LogP contribution in [0.25, 0.3) is 0 Å². The summed E-state index contributed by atoms with van der Waals surface area (Å²) >= 11 is 4.74. The van der Waals surface area contributed by atoms with E-state index in [1.54, 1.807) is 30.1 Å². The largest absolute Gasteiger partial charge is 0.376 e. The molecule has 0 unspecified atom stereocenters. The highest BCUT2D eigenvalue weighted by atomic mass is 32.1. The molecule has 0 atom stereocenters. The third kappa shape index (κ3) is 2.66. The van der Waals surface area contributed by atoms with Crippen molar-refractivity contribution >= 4 is 17.3 Å². The van der Waals surface area contributed by atoms with Gasteiger partial charge in [-0.15, -0.1) is 0 Å². The molecule has 0 radical (unpaired) electrons. The monoisotopic (exact) mass is 198 g/mol. The van der Waals surface area contributed by atoms with Gasteiger partial charge >= 0.3 is 0 Å². The van der Waals surface area contributed by atoms with E-state index >= 15 is 0 Å². The van der Waals surface area contributed by atoms with E-state index in [-0.39, 0.29) is 10.9 Å². The second kappa shape index (κ2) is 4.18. The number of nitrogens with two attached hydrogens (primary N) is 1. The fourth-order valence-corrected chi connectivity index (χ4v) is 1.02. The summed E-state index contributed by atoms with van der Waals surface area (Å²) in [5.74, 6) is -0.231. The number of halogens is 1. The van der Waals surface area contributed by atoms with Crippen molar-refractivity contribution in [1.29, 1.82) is 0 Å². The summed E-state index contributed by atoms with van der Waals surface area (Å²) in [6, 6.07) is 6.57. The first kappa shape index (κ1) is 9.92. The average molecular weight is 198 g/mol. The van der Waals surface area contributed by atoms with E-state index in [9.17, 15) is 4.39 Å². The lowest BCUT2D eigenvalue weighted by atomic mass is 10.2. The van der Waals surface area contributed by atoms with Crippen molar-refractivity contribution in [2.45, 2.75) is 6.54 Å². The zero-order chi connectivity index (χ0) is 9.84. The summed E-state index contributed by atoms with van der Waals surface area (Å²) in [5.41, 5.74) is 5.96. The zero-order valence-electron chi connectivity index (χ0n) is 7.33. The van der Waals surface area contributed by atoms with Crippen LogP contribution in [0.5, 0.6) is 0 Å². The van der Waals surface area contributed by atoms with Gasteiger partial charge in [-0.3, -0.25) is 0 Å². The second-order valence-electron chi connectivity index (χ2n) is 2.79. The van der Waals surface area contributed by atoms with Gasteiger partial charge in [-0.1, -0.05) is 18.2 Å². The molecule has 0 aliphatic carbocycles. The summed E-state index contributed by atoms with van der Waals surface area (Å²) in [5, 5.41) is 0.267. The molecule has 1 aromatic rings. The molecule has 1 aromatic carbocycles. The van der Waals surface area contributed by atoms with Crippen molar-refractivity contribution in [2.75, 3.05) is 7.05 Å². The van der Waals surface area contributed by atoms with E-state index in [1.807, 2.05) is 0 Å². The number of rotatable bonds is 2. The minimum absolute atomic E-state index is 0.231. The molecule has 13 heavy (non-hydrogen) atoms. The highest BCUT2D eigenvalue weighted by molar-refractivity contribution is 7.80. The summed E-state index contributed by atoms with van der Waals surface area (Å²) in [6.45, 7) is 0.405.